The SMILES string of the molecule is [CH3-].[CH3-].[Cl][Ti][Cl]. The Morgan fingerprint density at radius 1 is 1.00 bits per heavy atom. The number of hydrogen-bond donors (Lipinski definition) is 0. The topological polar surface area (TPSA) is 0 Å². The molecule has 0 heterocycles. The zero-order valence-corrected chi connectivity index (χ0v) is 6.33. The zero-order valence-electron chi connectivity index (χ0n) is 3.26. The van der Waals surface area contributed by atoms with E-state index in [4.69, 9.17) is 18.6 Å². The van der Waals surface area contributed by atoms with E-state index in [0.717, 1.165) is 0 Å². The Morgan fingerprint density at radius 3 is 1.00 bits per heavy atom. The van der Waals surface area contributed by atoms with Crippen LogP contribution in [-0.2, 0) is 17.0 Å². The van der Waals surface area contributed by atoms with Gasteiger partial charge in [-0.3, -0.25) is 0 Å². The quantitative estimate of drug-likeness (QED) is 0.366. The minimum absolute atomic E-state index is 0. The molecule has 0 nitrogen and oxygen atoms in total. The van der Waals surface area contributed by atoms with Gasteiger partial charge in [0.1, 0.15) is 0 Å². The van der Waals surface area contributed by atoms with E-state index in [1.54, 1.807) is 0 Å². The summed E-state index contributed by atoms with van der Waals surface area (Å²) in [4.78, 5) is 0. The van der Waals surface area contributed by atoms with E-state index in [-0.39, 0.29) is 14.9 Å². The molecule has 0 saturated heterocycles. The fourth-order valence-corrected chi connectivity index (χ4v) is 0. The van der Waals surface area contributed by atoms with E-state index in [1.807, 2.05) is 0 Å². The maximum absolute atomic E-state index is 4.89. The van der Waals surface area contributed by atoms with Crippen molar-refractivity contribution in [2.75, 3.05) is 0 Å². The van der Waals surface area contributed by atoms with E-state index in [2.05, 4.69) is 0 Å². The number of rotatable bonds is 0. The Bertz CT molecular complexity index is 7.61. The van der Waals surface area contributed by atoms with Crippen LogP contribution in [0.3, 0.4) is 0 Å². The molecule has 0 unspecified atom stereocenters. The summed E-state index contributed by atoms with van der Waals surface area (Å²) >= 11 is -0.556. The van der Waals surface area contributed by atoms with Crippen LogP contribution in [0.25, 0.3) is 0 Å². The summed E-state index contributed by atoms with van der Waals surface area (Å²) in [5.41, 5.74) is 0. The monoisotopic (exact) mass is 148 g/mol. The molecule has 0 aromatic carbocycles. The maximum atomic E-state index is 4.89. The van der Waals surface area contributed by atoms with Gasteiger partial charge in [0.05, 0.1) is 0 Å². The van der Waals surface area contributed by atoms with Crippen LogP contribution in [0.15, 0.2) is 0 Å². The first-order valence-electron chi connectivity index (χ1n) is 0.378. The standard InChI is InChI=1S/2CH3.2ClH.Ti/h2*1H3;2*1H;/q2*-1;;;+2/p-2. The van der Waals surface area contributed by atoms with Crippen LogP contribution in [0.5, 0.6) is 0 Å². The first-order chi connectivity index (χ1) is 1.41. The van der Waals surface area contributed by atoms with E-state index in [0.29, 0.717) is 0 Å². The van der Waals surface area contributed by atoms with Crippen molar-refractivity contribution in [3.8, 4) is 0 Å². The molecule has 3 heteroatoms. The van der Waals surface area contributed by atoms with Gasteiger partial charge < -0.3 is 14.9 Å². The third kappa shape index (κ3) is 34.3. The van der Waals surface area contributed by atoms with Crippen LogP contribution in [0.2, 0.25) is 0 Å². The molecule has 5 heavy (non-hydrogen) atoms. The third-order valence-electron chi connectivity index (χ3n) is 0. The molecule has 0 amide bonds. The molecule has 0 radical (unpaired) electrons. The van der Waals surface area contributed by atoms with Crippen LogP contribution in [-0.4, -0.2) is 0 Å². The molecule has 0 aromatic heterocycles. The van der Waals surface area contributed by atoms with Crippen molar-refractivity contribution in [3.63, 3.8) is 0 Å². The molecule has 0 N–H and O–H groups in total. The van der Waals surface area contributed by atoms with Crippen molar-refractivity contribution in [2.24, 2.45) is 0 Å². The molecule has 0 aliphatic heterocycles. The van der Waals surface area contributed by atoms with Crippen LogP contribution >= 0.6 is 18.6 Å². The fourth-order valence-electron chi connectivity index (χ4n) is 0. The van der Waals surface area contributed by atoms with Crippen molar-refractivity contribution in [2.45, 2.75) is 0 Å². The molecule has 0 spiro atoms. The molecule has 34 valence electrons. The van der Waals surface area contributed by atoms with Crippen molar-refractivity contribution in [1.82, 2.24) is 0 Å². The van der Waals surface area contributed by atoms with E-state index < -0.39 is 17.0 Å². The summed E-state index contributed by atoms with van der Waals surface area (Å²) in [6.07, 6.45) is 0. The average Bonchev–Trinajstić information content (AvgIpc) is 0.918. The Labute approximate surface area is 50.5 Å². The first kappa shape index (κ1) is 16.3. The molecule has 0 aromatic rings. The molecule has 0 bridgehead atoms. The second-order valence-electron chi connectivity index (χ2n) is 0.0714. The summed E-state index contributed by atoms with van der Waals surface area (Å²) in [6, 6.07) is 0. The summed E-state index contributed by atoms with van der Waals surface area (Å²) in [6.45, 7) is 0. The second-order valence-corrected chi connectivity index (χ2v) is 2.65. The van der Waals surface area contributed by atoms with Crippen molar-refractivity contribution in [3.05, 3.63) is 14.9 Å². The Hall–Kier alpha value is 1.29. The third-order valence-corrected chi connectivity index (χ3v) is 0. The van der Waals surface area contributed by atoms with E-state index in [1.165, 1.54) is 0 Å². The van der Waals surface area contributed by atoms with Crippen LogP contribution in [0.4, 0.5) is 0 Å². The molecular weight excluding hydrogens is 143 g/mol. The summed E-state index contributed by atoms with van der Waals surface area (Å²) in [5, 5.41) is 0. The van der Waals surface area contributed by atoms with Gasteiger partial charge in [0, 0.05) is 0 Å². The van der Waals surface area contributed by atoms with E-state index >= 15 is 0 Å². The Kier molecular flexibility index (Phi) is 60.3. The van der Waals surface area contributed by atoms with Crippen LogP contribution in [0, 0.1) is 14.9 Å². The van der Waals surface area contributed by atoms with Crippen molar-refractivity contribution < 1.29 is 17.0 Å². The van der Waals surface area contributed by atoms with Gasteiger partial charge in [0.15, 0.2) is 0 Å². The summed E-state index contributed by atoms with van der Waals surface area (Å²) in [5.74, 6) is 0. The Balaban J connectivity index is -0.0000000200. The summed E-state index contributed by atoms with van der Waals surface area (Å²) < 4.78 is 0. The first-order valence-corrected chi connectivity index (χ1v) is 4.68. The second kappa shape index (κ2) is 18.5. The molecule has 0 atom stereocenters. The van der Waals surface area contributed by atoms with E-state index in [9.17, 15) is 0 Å². The van der Waals surface area contributed by atoms with Crippen molar-refractivity contribution >= 4 is 18.6 Å². The fraction of sp³-hybridized carbons (Fsp3) is 0. The predicted molar refractivity (Wildman–Crippen MR) is 24.5 cm³/mol. The van der Waals surface area contributed by atoms with Gasteiger partial charge in [0.2, 0.25) is 0 Å². The van der Waals surface area contributed by atoms with Crippen molar-refractivity contribution in [1.29, 1.82) is 0 Å². The molecule has 0 aliphatic carbocycles. The predicted octanol–water partition coefficient (Wildman–Crippen LogP) is 2.28. The molecule has 0 rings (SSSR count). The molecule has 0 fully saturated rings. The van der Waals surface area contributed by atoms with Crippen LogP contribution < -0.4 is 0 Å². The Morgan fingerprint density at radius 2 is 1.00 bits per heavy atom. The van der Waals surface area contributed by atoms with Gasteiger partial charge in [-0.2, -0.15) is 0 Å². The van der Waals surface area contributed by atoms with Gasteiger partial charge in [-0.15, -0.1) is 0 Å². The van der Waals surface area contributed by atoms with Gasteiger partial charge >= 0.3 is 35.6 Å². The van der Waals surface area contributed by atoms with Gasteiger partial charge in [-0.1, -0.05) is 0 Å². The van der Waals surface area contributed by atoms with Gasteiger partial charge in [0.25, 0.3) is 0 Å². The minimum atomic E-state index is -0.556. The molecule has 0 aliphatic rings. The van der Waals surface area contributed by atoms with Gasteiger partial charge in [-0.25, -0.2) is 0 Å². The van der Waals surface area contributed by atoms with Gasteiger partial charge in [-0.05, 0) is 0 Å². The molecule has 0 saturated carbocycles. The molecular formula is C2H6Cl2Ti-2. The number of halogens is 2. The normalized spacial score (nSPS) is 2.80. The average molecular weight is 149 g/mol. The zero-order chi connectivity index (χ0) is 2.71. The summed E-state index contributed by atoms with van der Waals surface area (Å²) in [7, 11) is 9.78. The number of hydrogen-bond acceptors (Lipinski definition) is 0. The van der Waals surface area contributed by atoms with Crippen LogP contribution in [0.1, 0.15) is 0 Å².